The fraction of sp³-hybridized carbons (Fsp3) is 0.200. The van der Waals surface area contributed by atoms with Crippen molar-refractivity contribution in [3.8, 4) is 11.4 Å². The number of amides is 1. The molecule has 0 aliphatic carbocycles. The monoisotopic (exact) mass is 412 g/mol. The Morgan fingerprint density at radius 2 is 1.68 bits per heavy atom. The second-order valence-electron chi connectivity index (χ2n) is 8.36. The fourth-order valence-electron chi connectivity index (χ4n) is 3.22. The first-order valence-corrected chi connectivity index (χ1v) is 10.1. The molecule has 0 aliphatic heterocycles. The molecule has 4 aromatic rings. The van der Waals surface area contributed by atoms with Crippen LogP contribution in [0.25, 0.3) is 11.4 Å². The van der Waals surface area contributed by atoms with Crippen LogP contribution in [0.4, 0.5) is 5.69 Å². The molecule has 0 bridgehead atoms. The Hall–Kier alpha value is -3.80. The van der Waals surface area contributed by atoms with Gasteiger partial charge < -0.3 is 9.84 Å². The number of benzene rings is 2. The molecule has 0 fully saturated rings. The molecule has 6 heteroatoms. The normalized spacial score (nSPS) is 11.3. The van der Waals surface area contributed by atoms with Crippen LogP contribution in [0.2, 0.25) is 0 Å². The van der Waals surface area contributed by atoms with Gasteiger partial charge in [0.15, 0.2) is 0 Å². The van der Waals surface area contributed by atoms with Crippen LogP contribution in [-0.4, -0.2) is 21.0 Å². The van der Waals surface area contributed by atoms with E-state index in [2.05, 4.69) is 41.2 Å². The third-order valence-corrected chi connectivity index (χ3v) is 5.03. The van der Waals surface area contributed by atoms with Gasteiger partial charge >= 0.3 is 0 Å². The molecule has 156 valence electrons. The van der Waals surface area contributed by atoms with Gasteiger partial charge in [-0.05, 0) is 46.9 Å². The number of nitrogens with zero attached hydrogens (tertiary/aromatic N) is 3. The molecule has 0 atom stereocenters. The molecule has 0 saturated carbocycles. The molecule has 0 spiro atoms. The van der Waals surface area contributed by atoms with Gasteiger partial charge in [-0.3, -0.25) is 9.78 Å². The first-order chi connectivity index (χ1) is 14.9. The highest BCUT2D eigenvalue weighted by atomic mass is 16.5. The highest BCUT2D eigenvalue weighted by Crippen LogP contribution is 2.24. The SMILES string of the molecule is CC(C)(C)c1ccc(C(=O)Nc2ccccc2Cc2nc(-c3ccncc3)no2)cc1. The average molecular weight is 412 g/mol. The summed E-state index contributed by atoms with van der Waals surface area (Å²) in [7, 11) is 0. The second kappa shape index (κ2) is 8.52. The van der Waals surface area contributed by atoms with Crippen LogP contribution < -0.4 is 5.32 Å². The van der Waals surface area contributed by atoms with E-state index in [0.29, 0.717) is 23.7 Å². The molecule has 4 rings (SSSR count). The zero-order valence-electron chi connectivity index (χ0n) is 17.8. The number of anilines is 1. The summed E-state index contributed by atoms with van der Waals surface area (Å²) >= 11 is 0. The lowest BCUT2D eigenvalue weighted by atomic mass is 9.86. The molecular weight excluding hydrogens is 388 g/mol. The molecule has 6 nitrogen and oxygen atoms in total. The molecule has 2 aromatic heterocycles. The van der Waals surface area contributed by atoms with E-state index in [1.54, 1.807) is 12.4 Å². The number of carbonyl (C=O) groups excluding carboxylic acids is 1. The van der Waals surface area contributed by atoms with E-state index in [4.69, 9.17) is 4.52 Å². The number of carbonyl (C=O) groups is 1. The topological polar surface area (TPSA) is 80.9 Å². The Labute approximate surface area is 181 Å². The summed E-state index contributed by atoms with van der Waals surface area (Å²) in [6.45, 7) is 6.45. The van der Waals surface area contributed by atoms with Crippen LogP contribution in [0.5, 0.6) is 0 Å². The smallest absolute Gasteiger partial charge is 0.255 e. The van der Waals surface area contributed by atoms with Crippen LogP contribution >= 0.6 is 0 Å². The molecule has 0 unspecified atom stereocenters. The summed E-state index contributed by atoms with van der Waals surface area (Å²) in [5.41, 5.74) is 4.29. The summed E-state index contributed by atoms with van der Waals surface area (Å²) in [4.78, 5) is 21.3. The lowest BCUT2D eigenvalue weighted by Crippen LogP contribution is -2.15. The van der Waals surface area contributed by atoms with E-state index in [0.717, 1.165) is 16.8 Å². The molecule has 1 amide bonds. The number of pyridine rings is 1. The zero-order valence-corrected chi connectivity index (χ0v) is 17.8. The van der Waals surface area contributed by atoms with Crippen LogP contribution in [0, 0.1) is 0 Å². The van der Waals surface area contributed by atoms with Gasteiger partial charge in [0.2, 0.25) is 11.7 Å². The highest BCUT2D eigenvalue weighted by molar-refractivity contribution is 6.04. The van der Waals surface area contributed by atoms with Crippen molar-refractivity contribution in [1.82, 2.24) is 15.1 Å². The van der Waals surface area contributed by atoms with Crippen molar-refractivity contribution < 1.29 is 9.32 Å². The summed E-state index contributed by atoms with van der Waals surface area (Å²) in [5, 5.41) is 7.05. The first kappa shape index (κ1) is 20.5. The van der Waals surface area contributed by atoms with Gasteiger partial charge in [0.05, 0.1) is 6.42 Å². The minimum absolute atomic E-state index is 0.0425. The second-order valence-corrected chi connectivity index (χ2v) is 8.36. The quantitative estimate of drug-likeness (QED) is 0.483. The maximum atomic E-state index is 12.8. The van der Waals surface area contributed by atoms with E-state index < -0.39 is 0 Å². The zero-order chi connectivity index (χ0) is 21.8. The van der Waals surface area contributed by atoms with Gasteiger partial charge in [-0.15, -0.1) is 0 Å². The van der Waals surface area contributed by atoms with Gasteiger partial charge in [-0.25, -0.2) is 0 Å². The van der Waals surface area contributed by atoms with Crippen LogP contribution in [0.15, 0.2) is 77.6 Å². The number of aromatic nitrogens is 3. The maximum absolute atomic E-state index is 12.8. The van der Waals surface area contributed by atoms with Crippen molar-refractivity contribution in [2.45, 2.75) is 32.6 Å². The maximum Gasteiger partial charge on any atom is 0.255 e. The van der Waals surface area contributed by atoms with Gasteiger partial charge in [-0.2, -0.15) is 4.98 Å². The molecule has 2 aromatic carbocycles. The van der Waals surface area contributed by atoms with Crippen molar-refractivity contribution in [1.29, 1.82) is 0 Å². The third-order valence-electron chi connectivity index (χ3n) is 5.03. The fourth-order valence-corrected chi connectivity index (χ4v) is 3.22. The predicted octanol–water partition coefficient (Wildman–Crippen LogP) is 5.27. The van der Waals surface area contributed by atoms with Crippen LogP contribution in [0.1, 0.15) is 48.1 Å². The largest absolute Gasteiger partial charge is 0.339 e. The van der Waals surface area contributed by atoms with E-state index >= 15 is 0 Å². The summed E-state index contributed by atoms with van der Waals surface area (Å²) in [5.74, 6) is 0.830. The Kier molecular flexibility index (Phi) is 5.62. The van der Waals surface area contributed by atoms with Crippen molar-refractivity contribution in [2.24, 2.45) is 0 Å². The van der Waals surface area contributed by atoms with Gasteiger partial charge in [-0.1, -0.05) is 56.3 Å². The Bertz CT molecular complexity index is 1180. The van der Waals surface area contributed by atoms with Gasteiger partial charge in [0.25, 0.3) is 5.91 Å². The van der Waals surface area contributed by atoms with Crippen LogP contribution in [-0.2, 0) is 11.8 Å². The van der Waals surface area contributed by atoms with Crippen molar-refractivity contribution in [2.75, 3.05) is 5.32 Å². The molecule has 31 heavy (non-hydrogen) atoms. The summed E-state index contributed by atoms with van der Waals surface area (Å²) < 4.78 is 5.42. The summed E-state index contributed by atoms with van der Waals surface area (Å²) in [6, 6.07) is 19.0. The predicted molar refractivity (Wildman–Crippen MR) is 120 cm³/mol. The number of hydrogen-bond acceptors (Lipinski definition) is 5. The molecule has 0 radical (unpaired) electrons. The standard InChI is InChI=1S/C25H24N4O2/c1-25(2,3)20-10-8-18(9-11-20)24(30)27-21-7-5-4-6-19(21)16-22-28-23(29-31-22)17-12-14-26-15-13-17/h4-15H,16H2,1-3H3,(H,27,30). The van der Waals surface area contributed by atoms with E-state index in [1.807, 2.05) is 60.7 Å². The first-order valence-electron chi connectivity index (χ1n) is 10.1. The van der Waals surface area contributed by atoms with E-state index in [9.17, 15) is 4.79 Å². The van der Waals surface area contributed by atoms with Crippen molar-refractivity contribution in [3.05, 3.63) is 95.6 Å². The molecule has 1 N–H and O–H groups in total. The third kappa shape index (κ3) is 4.86. The highest BCUT2D eigenvalue weighted by Gasteiger charge is 2.16. The van der Waals surface area contributed by atoms with E-state index in [-0.39, 0.29) is 11.3 Å². The summed E-state index contributed by atoms with van der Waals surface area (Å²) in [6.07, 6.45) is 3.78. The Morgan fingerprint density at radius 3 is 2.39 bits per heavy atom. The Morgan fingerprint density at radius 1 is 0.968 bits per heavy atom. The number of rotatable bonds is 5. The van der Waals surface area contributed by atoms with Crippen LogP contribution in [0.3, 0.4) is 0 Å². The number of para-hydroxylation sites is 1. The molecule has 0 saturated heterocycles. The molecular formula is C25H24N4O2. The minimum atomic E-state index is -0.157. The minimum Gasteiger partial charge on any atom is -0.339 e. The number of nitrogens with one attached hydrogen (secondary N) is 1. The van der Waals surface area contributed by atoms with Gasteiger partial charge in [0.1, 0.15) is 0 Å². The molecule has 0 aliphatic rings. The lowest BCUT2D eigenvalue weighted by molar-refractivity contribution is 0.102. The van der Waals surface area contributed by atoms with Crippen molar-refractivity contribution in [3.63, 3.8) is 0 Å². The Balaban J connectivity index is 1.50. The molecule has 2 heterocycles. The van der Waals surface area contributed by atoms with Gasteiger partial charge in [0, 0.05) is 29.2 Å². The van der Waals surface area contributed by atoms with E-state index in [1.165, 1.54) is 5.56 Å². The van der Waals surface area contributed by atoms with Crippen molar-refractivity contribution >= 4 is 11.6 Å². The lowest BCUT2D eigenvalue weighted by Gasteiger charge is -2.19. The number of hydrogen-bond donors (Lipinski definition) is 1. The average Bonchev–Trinajstić information content (AvgIpc) is 3.24.